The Morgan fingerprint density at radius 3 is 2.50 bits per heavy atom. The zero-order valence-electron chi connectivity index (χ0n) is 13.9. The Morgan fingerprint density at radius 1 is 1.14 bits per heavy atom. The summed E-state index contributed by atoms with van der Waals surface area (Å²) in [6, 6.07) is 4.21. The number of morpholine rings is 1. The molecule has 1 aromatic rings. The summed E-state index contributed by atoms with van der Waals surface area (Å²) in [4.78, 5) is 9.39. The average Bonchev–Trinajstić information content (AvgIpc) is 2.49. The SMILES string of the molecule is C[C@@H]1CN(CC2CCN(Cc3cccnc3)CC2)C[C@@H](C)O1. The molecule has 0 amide bonds. The summed E-state index contributed by atoms with van der Waals surface area (Å²) < 4.78 is 5.83. The second-order valence-electron chi connectivity index (χ2n) is 7.06. The van der Waals surface area contributed by atoms with Crippen molar-refractivity contribution >= 4 is 0 Å². The van der Waals surface area contributed by atoms with Crippen molar-refractivity contribution in [3.63, 3.8) is 0 Å². The second-order valence-corrected chi connectivity index (χ2v) is 7.06. The predicted molar refractivity (Wildman–Crippen MR) is 88.7 cm³/mol. The van der Waals surface area contributed by atoms with Crippen molar-refractivity contribution < 1.29 is 4.74 Å². The molecule has 2 atom stereocenters. The number of ether oxygens (including phenoxy) is 1. The van der Waals surface area contributed by atoms with Gasteiger partial charge in [0, 0.05) is 38.6 Å². The van der Waals surface area contributed by atoms with Gasteiger partial charge in [0.2, 0.25) is 0 Å². The number of nitrogens with zero attached hydrogens (tertiary/aromatic N) is 3. The van der Waals surface area contributed by atoms with Gasteiger partial charge in [-0.05, 0) is 57.3 Å². The second kappa shape index (κ2) is 7.53. The van der Waals surface area contributed by atoms with Gasteiger partial charge >= 0.3 is 0 Å². The lowest BCUT2D eigenvalue weighted by Gasteiger charge is -2.39. The Labute approximate surface area is 134 Å². The van der Waals surface area contributed by atoms with E-state index in [0.717, 1.165) is 25.6 Å². The minimum absolute atomic E-state index is 0.384. The van der Waals surface area contributed by atoms with E-state index in [1.54, 1.807) is 0 Å². The van der Waals surface area contributed by atoms with Crippen molar-refractivity contribution in [1.82, 2.24) is 14.8 Å². The number of likely N-dealkylation sites (tertiary alicyclic amines) is 1. The van der Waals surface area contributed by atoms with Crippen LogP contribution in [0.3, 0.4) is 0 Å². The maximum absolute atomic E-state index is 5.83. The molecule has 0 radical (unpaired) electrons. The molecule has 0 aliphatic carbocycles. The van der Waals surface area contributed by atoms with E-state index < -0.39 is 0 Å². The Hall–Kier alpha value is -0.970. The Morgan fingerprint density at radius 2 is 1.86 bits per heavy atom. The number of hydrogen-bond donors (Lipinski definition) is 0. The Kier molecular flexibility index (Phi) is 5.45. The highest BCUT2D eigenvalue weighted by molar-refractivity contribution is 5.08. The number of pyridine rings is 1. The van der Waals surface area contributed by atoms with Crippen LogP contribution < -0.4 is 0 Å². The van der Waals surface area contributed by atoms with Crippen LogP contribution in [0.4, 0.5) is 0 Å². The van der Waals surface area contributed by atoms with Gasteiger partial charge in [-0.25, -0.2) is 0 Å². The van der Waals surface area contributed by atoms with Gasteiger partial charge in [-0.3, -0.25) is 14.8 Å². The number of hydrogen-bond acceptors (Lipinski definition) is 4. The molecule has 122 valence electrons. The standard InChI is InChI=1S/C18H29N3O/c1-15-11-21(12-16(2)22-15)13-17-5-8-20(9-6-17)14-18-4-3-7-19-10-18/h3-4,7,10,15-17H,5-6,8-9,11-14H2,1-2H3/t15-,16-/m1/s1. The summed E-state index contributed by atoms with van der Waals surface area (Å²) in [7, 11) is 0. The van der Waals surface area contributed by atoms with Gasteiger partial charge in [0.15, 0.2) is 0 Å². The van der Waals surface area contributed by atoms with Gasteiger partial charge in [-0.1, -0.05) is 6.07 Å². The van der Waals surface area contributed by atoms with Crippen molar-refractivity contribution in [2.45, 2.75) is 45.4 Å². The maximum atomic E-state index is 5.83. The number of piperidine rings is 1. The van der Waals surface area contributed by atoms with Crippen LogP contribution in [0.5, 0.6) is 0 Å². The first-order valence-electron chi connectivity index (χ1n) is 8.68. The number of rotatable bonds is 4. The molecule has 2 fully saturated rings. The molecule has 3 heterocycles. The van der Waals surface area contributed by atoms with E-state index in [0.29, 0.717) is 12.2 Å². The molecule has 0 spiro atoms. The van der Waals surface area contributed by atoms with Gasteiger partial charge in [0.1, 0.15) is 0 Å². The molecule has 22 heavy (non-hydrogen) atoms. The first kappa shape index (κ1) is 15.9. The molecule has 0 unspecified atom stereocenters. The fourth-order valence-corrected chi connectivity index (χ4v) is 3.88. The van der Waals surface area contributed by atoms with E-state index in [4.69, 9.17) is 4.74 Å². The van der Waals surface area contributed by atoms with Crippen LogP contribution >= 0.6 is 0 Å². The van der Waals surface area contributed by atoms with Crippen molar-refractivity contribution in [1.29, 1.82) is 0 Å². The predicted octanol–water partition coefficient (Wildman–Crippen LogP) is 2.40. The zero-order chi connectivity index (χ0) is 15.4. The third-order valence-electron chi connectivity index (χ3n) is 4.85. The molecule has 4 heteroatoms. The molecule has 0 saturated carbocycles. The quantitative estimate of drug-likeness (QED) is 0.854. The normalized spacial score (nSPS) is 28.8. The highest BCUT2D eigenvalue weighted by Gasteiger charge is 2.26. The van der Waals surface area contributed by atoms with Crippen LogP contribution in [0.1, 0.15) is 32.3 Å². The smallest absolute Gasteiger partial charge is 0.0678 e. The van der Waals surface area contributed by atoms with E-state index in [2.05, 4.69) is 34.7 Å². The summed E-state index contributed by atoms with van der Waals surface area (Å²) in [6.07, 6.45) is 7.24. The lowest BCUT2D eigenvalue weighted by atomic mass is 9.95. The van der Waals surface area contributed by atoms with Crippen LogP contribution in [0.15, 0.2) is 24.5 Å². The van der Waals surface area contributed by atoms with Crippen LogP contribution in [-0.4, -0.2) is 59.7 Å². The summed E-state index contributed by atoms with van der Waals surface area (Å²) >= 11 is 0. The van der Waals surface area contributed by atoms with Crippen LogP contribution in [0, 0.1) is 5.92 Å². The van der Waals surface area contributed by atoms with E-state index in [9.17, 15) is 0 Å². The van der Waals surface area contributed by atoms with Gasteiger partial charge in [0.05, 0.1) is 12.2 Å². The molecular formula is C18H29N3O. The molecule has 0 bridgehead atoms. The molecule has 2 saturated heterocycles. The minimum atomic E-state index is 0.384. The van der Waals surface area contributed by atoms with E-state index in [-0.39, 0.29) is 0 Å². The molecule has 1 aromatic heterocycles. The van der Waals surface area contributed by atoms with Crippen molar-refractivity contribution in [2.75, 3.05) is 32.7 Å². The first-order chi connectivity index (χ1) is 10.7. The van der Waals surface area contributed by atoms with Crippen LogP contribution in [-0.2, 0) is 11.3 Å². The summed E-state index contributed by atoms with van der Waals surface area (Å²) in [5, 5.41) is 0. The largest absolute Gasteiger partial charge is 0.373 e. The molecule has 4 nitrogen and oxygen atoms in total. The lowest BCUT2D eigenvalue weighted by Crippen LogP contribution is -2.48. The molecular weight excluding hydrogens is 274 g/mol. The third kappa shape index (κ3) is 4.51. The van der Waals surface area contributed by atoms with E-state index >= 15 is 0 Å². The molecule has 0 aromatic carbocycles. The topological polar surface area (TPSA) is 28.6 Å². The maximum Gasteiger partial charge on any atom is 0.0678 e. The summed E-state index contributed by atoms with van der Waals surface area (Å²) in [5.41, 5.74) is 1.33. The Balaban J connectivity index is 1.42. The summed E-state index contributed by atoms with van der Waals surface area (Å²) in [5.74, 6) is 0.850. The lowest BCUT2D eigenvalue weighted by molar-refractivity contribution is -0.0732. The Bertz CT molecular complexity index is 435. The minimum Gasteiger partial charge on any atom is -0.373 e. The van der Waals surface area contributed by atoms with E-state index in [1.165, 1.54) is 38.0 Å². The van der Waals surface area contributed by atoms with Crippen molar-refractivity contribution in [3.8, 4) is 0 Å². The highest BCUT2D eigenvalue weighted by atomic mass is 16.5. The molecule has 2 aliphatic heterocycles. The zero-order valence-corrected chi connectivity index (χ0v) is 13.9. The van der Waals surface area contributed by atoms with Crippen molar-refractivity contribution in [3.05, 3.63) is 30.1 Å². The fraction of sp³-hybridized carbons (Fsp3) is 0.722. The first-order valence-corrected chi connectivity index (χ1v) is 8.68. The molecule has 0 N–H and O–H groups in total. The number of aromatic nitrogens is 1. The average molecular weight is 303 g/mol. The van der Waals surface area contributed by atoms with Gasteiger partial charge in [-0.15, -0.1) is 0 Å². The third-order valence-corrected chi connectivity index (χ3v) is 4.85. The van der Waals surface area contributed by atoms with Gasteiger partial charge < -0.3 is 4.74 Å². The van der Waals surface area contributed by atoms with Crippen molar-refractivity contribution in [2.24, 2.45) is 5.92 Å². The van der Waals surface area contributed by atoms with Gasteiger partial charge in [-0.2, -0.15) is 0 Å². The van der Waals surface area contributed by atoms with Gasteiger partial charge in [0.25, 0.3) is 0 Å². The van der Waals surface area contributed by atoms with Crippen LogP contribution in [0.2, 0.25) is 0 Å². The summed E-state index contributed by atoms with van der Waals surface area (Å²) in [6.45, 7) is 11.3. The fourth-order valence-electron chi connectivity index (χ4n) is 3.88. The molecule has 3 rings (SSSR count). The van der Waals surface area contributed by atoms with E-state index in [1.807, 2.05) is 18.5 Å². The highest BCUT2D eigenvalue weighted by Crippen LogP contribution is 2.21. The molecule has 2 aliphatic rings. The monoisotopic (exact) mass is 303 g/mol. The van der Waals surface area contributed by atoms with Crippen LogP contribution in [0.25, 0.3) is 0 Å².